The molecule has 11 heteroatoms. The van der Waals surface area contributed by atoms with Crippen molar-refractivity contribution in [1.29, 1.82) is 0 Å². The maximum Gasteiger partial charge on any atom is 0.432 e. The van der Waals surface area contributed by atoms with Crippen molar-refractivity contribution in [2.24, 2.45) is 0 Å². The summed E-state index contributed by atoms with van der Waals surface area (Å²) < 4.78 is 136. The van der Waals surface area contributed by atoms with Crippen LogP contribution < -0.4 is 9.47 Å². The average Bonchev–Trinajstić information content (AvgIpc) is 2.86. The van der Waals surface area contributed by atoms with Crippen LogP contribution in [0, 0.1) is 52.6 Å². The van der Waals surface area contributed by atoms with Crippen LogP contribution in [-0.4, -0.2) is 6.61 Å². The van der Waals surface area contributed by atoms with Crippen molar-refractivity contribution in [1.82, 2.24) is 0 Å². The molecule has 40 heavy (non-hydrogen) atoms. The molecular weight excluding hydrogens is 551 g/mol. The second-order valence-corrected chi connectivity index (χ2v) is 8.16. The molecule has 0 aromatic heterocycles. The molecule has 4 aromatic carbocycles. The lowest BCUT2D eigenvalue weighted by molar-refractivity contribution is -0.189. The molecule has 0 bridgehead atoms. The van der Waals surface area contributed by atoms with E-state index in [1.165, 1.54) is 0 Å². The molecule has 0 unspecified atom stereocenters. The van der Waals surface area contributed by atoms with Crippen molar-refractivity contribution in [2.45, 2.75) is 13.0 Å². The molecule has 0 saturated carbocycles. The highest BCUT2D eigenvalue weighted by Crippen LogP contribution is 2.36. The summed E-state index contributed by atoms with van der Waals surface area (Å²) in [6.45, 7) is 2.23. The predicted octanol–water partition coefficient (Wildman–Crippen LogP) is 8.25. The van der Waals surface area contributed by atoms with Crippen LogP contribution >= 0.6 is 0 Å². The monoisotopic (exact) mass is 566 g/mol. The van der Waals surface area contributed by atoms with Crippen molar-refractivity contribution in [3.05, 3.63) is 118 Å². The predicted molar refractivity (Wildman–Crippen MR) is 126 cm³/mol. The lowest BCUT2D eigenvalue weighted by Crippen LogP contribution is -2.25. The van der Waals surface area contributed by atoms with Gasteiger partial charge in [0.1, 0.15) is 40.3 Å². The van der Waals surface area contributed by atoms with E-state index in [-0.39, 0.29) is 17.7 Å². The third-order valence-corrected chi connectivity index (χ3v) is 5.41. The Labute approximate surface area is 221 Å². The quantitative estimate of drug-likeness (QED) is 0.133. The Bertz CT molecular complexity index is 1570. The molecule has 0 N–H and O–H groups in total. The zero-order valence-electron chi connectivity index (χ0n) is 20.2. The first-order valence-corrected chi connectivity index (χ1v) is 11.3. The smallest absolute Gasteiger partial charge is 0.432 e. The summed E-state index contributed by atoms with van der Waals surface area (Å²) >= 11 is 0. The Hall–Kier alpha value is -4.59. The van der Waals surface area contributed by atoms with Crippen LogP contribution in [0.1, 0.15) is 23.6 Å². The number of alkyl halides is 2. The molecule has 206 valence electrons. The third-order valence-electron chi connectivity index (χ3n) is 5.41. The third kappa shape index (κ3) is 6.01. The van der Waals surface area contributed by atoms with E-state index in [9.17, 15) is 39.5 Å². The van der Waals surface area contributed by atoms with E-state index in [1.807, 2.05) is 0 Å². The molecule has 2 nitrogen and oxygen atoms in total. The molecule has 4 rings (SSSR count). The zero-order chi connectivity index (χ0) is 29.2. The van der Waals surface area contributed by atoms with E-state index in [1.54, 1.807) is 31.2 Å². The summed E-state index contributed by atoms with van der Waals surface area (Å²) in [7, 11) is 0. The van der Waals surface area contributed by atoms with Crippen LogP contribution in [0.2, 0.25) is 0 Å². The first kappa shape index (κ1) is 28.4. The molecule has 0 atom stereocenters. The van der Waals surface area contributed by atoms with Crippen LogP contribution in [0.25, 0.3) is 11.1 Å². The van der Waals surface area contributed by atoms with E-state index in [0.717, 1.165) is 12.1 Å². The summed E-state index contributed by atoms with van der Waals surface area (Å²) in [6.07, 6.45) is -4.80. The van der Waals surface area contributed by atoms with Crippen molar-refractivity contribution < 1.29 is 49.0 Å². The summed E-state index contributed by atoms with van der Waals surface area (Å²) in [4.78, 5) is 0. The van der Waals surface area contributed by atoms with Gasteiger partial charge in [0.25, 0.3) is 0 Å². The summed E-state index contributed by atoms with van der Waals surface area (Å²) in [5, 5.41) is 0. The van der Waals surface area contributed by atoms with Crippen molar-refractivity contribution in [2.75, 3.05) is 6.61 Å². The molecule has 0 amide bonds. The van der Waals surface area contributed by atoms with Gasteiger partial charge in [0.2, 0.25) is 0 Å². The van der Waals surface area contributed by atoms with Gasteiger partial charge in [-0.25, -0.2) is 30.7 Å². The number of hydrogen-bond acceptors (Lipinski definition) is 2. The number of benzene rings is 4. The number of halogens is 9. The SMILES string of the molecule is CCOc1ccc(-c2cc(F)c(C#Cc3cc(F)c(C(F)(F)Oc4cc(F)c(F)c(F)c4)c(F)c3)c(F)c2)cc1. The molecule has 0 radical (unpaired) electrons. The zero-order valence-corrected chi connectivity index (χ0v) is 20.2. The van der Waals surface area contributed by atoms with Gasteiger partial charge in [-0.05, 0) is 54.4 Å². The highest BCUT2D eigenvalue weighted by Gasteiger charge is 2.41. The fourth-order valence-corrected chi connectivity index (χ4v) is 3.62. The molecule has 0 fully saturated rings. The summed E-state index contributed by atoms with van der Waals surface area (Å²) in [5.74, 6) is -8.16. The van der Waals surface area contributed by atoms with E-state index < -0.39 is 69.3 Å². The Morgan fingerprint density at radius 2 is 1.18 bits per heavy atom. The molecule has 0 aliphatic rings. The highest BCUT2D eigenvalue weighted by molar-refractivity contribution is 5.66. The number of ether oxygens (including phenoxy) is 2. The van der Waals surface area contributed by atoms with Crippen LogP contribution in [-0.2, 0) is 6.11 Å². The van der Waals surface area contributed by atoms with Gasteiger partial charge in [-0.3, -0.25) is 0 Å². The summed E-state index contributed by atoms with van der Waals surface area (Å²) in [6, 6.07) is 9.19. The maximum atomic E-state index is 14.7. The van der Waals surface area contributed by atoms with Gasteiger partial charge in [0.05, 0.1) is 12.2 Å². The summed E-state index contributed by atoms with van der Waals surface area (Å²) in [5.41, 5.74) is -2.61. The first-order valence-electron chi connectivity index (χ1n) is 11.3. The van der Waals surface area contributed by atoms with Crippen LogP contribution in [0.3, 0.4) is 0 Å². The Kier molecular flexibility index (Phi) is 8.00. The lowest BCUT2D eigenvalue weighted by Gasteiger charge is -2.19. The number of hydrogen-bond donors (Lipinski definition) is 0. The van der Waals surface area contributed by atoms with Gasteiger partial charge in [-0.2, -0.15) is 8.78 Å². The van der Waals surface area contributed by atoms with Crippen molar-refractivity contribution in [3.8, 4) is 34.5 Å². The molecule has 0 heterocycles. The van der Waals surface area contributed by atoms with Gasteiger partial charge >= 0.3 is 6.11 Å². The minimum absolute atomic E-state index is 0.0618. The Balaban J connectivity index is 1.60. The molecule has 4 aromatic rings. The van der Waals surface area contributed by atoms with E-state index in [4.69, 9.17) is 4.74 Å². The van der Waals surface area contributed by atoms with Gasteiger partial charge in [-0.15, -0.1) is 0 Å². The lowest BCUT2D eigenvalue weighted by atomic mass is 10.0. The normalized spacial score (nSPS) is 11.2. The van der Waals surface area contributed by atoms with E-state index >= 15 is 0 Å². The Morgan fingerprint density at radius 3 is 1.70 bits per heavy atom. The van der Waals surface area contributed by atoms with Gasteiger partial charge in [0.15, 0.2) is 17.5 Å². The molecule has 0 saturated heterocycles. The highest BCUT2D eigenvalue weighted by atomic mass is 19.3. The average molecular weight is 566 g/mol. The van der Waals surface area contributed by atoms with Crippen molar-refractivity contribution >= 4 is 0 Å². The molecule has 0 aliphatic carbocycles. The van der Waals surface area contributed by atoms with Gasteiger partial charge in [-0.1, -0.05) is 24.0 Å². The van der Waals surface area contributed by atoms with E-state index in [2.05, 4.69) is 16.6 Å². The molecule has 0 aliphatic heterocycles. The van der Waals surface area contributed by atoms with Crippen molar-refractivity contribution in [3.63, 3.8) is 0 Å². The minimum Gasteiger partial charge on any atom is -0.494 e. The van der Waals surface area contributed by atoms with Crippen LogP contribution in [0.15, 0.2) is 60.7 Å². The van der Waals surface area contributed by atoms with E-state index in [0.29, 0.717) is 30.1 Å². The van der Waals surface area contributed by atoms with Crippen LogP contribution in [0.5, 0.6) is 11.5 Å². The van der Waals surface area contributed by atoms with Gasteiger partial charge < -0.3 is 9.47 Å². The molecular formula is C29H15F9O2. The van der Waals surface area contributed by atoms with Gasteiger partial charge in [0, 0.05) is 17.7 Å². The first-order chi connectivity index (χ1) is 18.9. The number of rotatable bonds is 6. The van der Waals surface area contributed by atoms with Crippen LogP contribution in [0.4, 0.5) is 39.5 Å². The molecule has 0 spiro atoms. The minimum atomic E-state index is -4.80. The second-order valence-electron chi connectivity index (χ2n) is 8.16. The fraction of sp³-hybridized carbons (Fsp3) is 0.103. The maximum absolute atomic E-state index is 14.7. The Morgan fingerprint density at radius 1 is 0.625 bits per heavy atom. The largest absolute Gasteiger partial charge is 0.494 e. The topological polar surface area (TPSA) is 18.5 Å². The second kappa shape index (κ2) is 11.3. The fourth-order valence-electron chi connectivity index (χ4n) is 3.62. The standard InChI is InChI=1S/C29H15F9O2/c1-2-39-18-6-4-16(5-7-18)17-11-21(30)20(22(31)12-17)8-3-15-9-23(32)27(24(33)10-15)29(37,38)40-19-13-25(34)28(36)26(35)14-19/h4-7,9-14H,2H2,1H3.